The van der Waals surface area contributed by atoms with Crippen LogP contribution in [0.15, 0.2) is 53.5 Å². The molecule has 1 aliphatic heterocycles. The number of hydrogen-bond acceptors (Lipinski definition) is 5. The molecule has 0 spiro atoms. The second kappa shape index (κ2) is 7.80. The minimum atomic E-state index is -0.171. The van der Waals surface area contributed by atoms with Gasteiger partial charge in [-0.2, -0.15) is 5.10 Å². The fourth-order valence-electron chi connectivity index (χ4n) is 3.75. The van der Waals surface area contributed by atoms with Gasteiger partial charge in [0.15, 0.2) is 0 Å². The van der Waals surface area contributed by atoms with Gasteiger partial charge >= 0.3 is 0 Å². The summed E-state index contributed by atoms with van der Waals surface area (Å²) in [6.45, 7) is 1.37. The summed E-state index contributed by atoms with van der Waals surface area (Å²) < 4.78 is 1.35. The molecule has 28 heavy (non-hydrogen) atoms. The molecule has 1 amide bonds. The van der Waals surface area contributed by atoms with E-state index in [1.54, 1.807) is 19.3 Å². The summed E-state index contributed by atoms with van der Waals surface area (Å²) in [4.78, 5) is 30.9. The molecule has 7 heteroatoms. The van der Waals surface area contributed by atoms with E-state index in [1.165, 1.54) is 10.7 Å². The largest absolute Gasteiger partial charge is 0.350 e. The Labute approximate surface area is 163 Å². The van der Waals surface area contributed by atoms with E-state index in [2.05, 4.69) is 20.3 Å². The molecule has 7 nitrogen and oxygen atoms in total. The third-order valence-electron chi connectivity index (χ3n) is 5.25. The monoisotopic (exact) mass is 377 g/mol. The Morgan fingerprint density at radius 3 is 2.89 bits per heavy atom. The minimum Gasteiger partial charge on any atom is -0.350 e. The van der Waals surface area contributed by atoms with E-state index >= 15 is 0 Å². The van der Waals surface area contributed by atoms with Gasteiger partial charge in [-0.05, 0) is 36.8 Å². The Hall–Kier alpha value is -3.22. The lowest BCUT2D eigenvalue weighted by molar-refractivity contribution is 0.0946. The van der Waals surface area contributed by atoms with Crippen LogP contribution in [0.3, 0.4) is 0 Å². The van der Waals surface area contributed by atoms with Crippen LogP contribution >= 0.6 is 0 Å². The number of pyridine rings is 1. The quantitative estimate of drug-likeness (QED) is 0.753. The number of aryl methyl sites for hydroxylation is 1. The molecule has 1 atom stereocenters. The van der Waals surface area contributed by atoms with Crippen molar-refractivity contribution in [3.8, 4) is 0 Å². The topological polar surface area (TPSA) is 80.1 Å². The maximum atomic E-state index is 12.8. The summed E-state index contributed by atoms with van der Waals surface area (Å²) in [6, 6.07) is 13.1. The predicted molar refractivity (Wildman–Crippen MR) is 109 cm³/mol. The highest BCUT2D eigenvalue weighted by Gasteiger charge is 2.25. The van der Waals surface area contributed by atoms with Gasteiger partial charge in [-0.25, -0.2) is 4.68 Å². The van der Waals surface area contributed by atoms with Crippen molar-refractivity contribution in [3.05, 3.63) is 64.7 Å². The van der Waals surface area contributed by atoms with E-state index < -0.39 is 0 Å². The van der Waals surface area contributed by atoms with E-state index in [0.717, 1.165) is 42.4 Å². The number of piperidine rings is 1. The number of rotatable bonds is 4. The summed E-state index contributed by atoms with van der Waals surface area (Å²) in [6.07, 6.45) is 4.81. The van der Waals surface area contributed by atoms with Gasteiger partial charge in [-0.3, -0.25) is 14.6 Å². The first-order valence-corrected chi connectivity index (χ1v) is 9.56. The number of nitrogens with one attached hydrogen (secondary N) is 1. The highest BCUT2D eigenvalue weighted by molar-refractivity contribution is 6.05. The first-order chi connectivity index (χ1) is 13.6. The Kier molecular flexibility index (Phi) is 5.06. The van der Waals surface area contributed by atoms with Crippen LogP contribution in [-0.4, -0.2) is 39.8 Å². The number of fused-ring (bicyclic) bond motifs is 1. The number of carbonyl (C=O) groups is 1. The zero-order chi connectivity index (χ0) is 19.5. The Morgan fingerprint density at radius 1 is 1.18 bits per heavy atom. The number of carbonyl (C=O) groups excluding carboxylic acids is 1. The molecule has 3 heterocycles. The molecule has 0 saturated carbocycles. The molecule has 4 rings (SSSR count). The van der Waals surface area contributed by atoms with Crippen molar-refractivity contribution in [2.75, 3.05) is 18.0 Å². The van der Waals surface area contributed by atoms with Crippen LogP contribution in [0.1, 0.15) is 29.8 Å². The molecule has 0 bridgehead atoms. The van der Waals surface area contributed by atoms with Crippen LogP contribution in [-0.2, 0) is 7.05 Å². The molecule has 3 aromatic rings. The fraction of sp³-hybridized carbons (Fsp3) is 0.333. The summed E-state index contributed by atoms with van der Waals surface area (Å²) >= 11 is 0. The summed E-state index contributed by atoms with van der Waals surface area (Å²) in [5.74, 6) is 0.597. The number of benzene rings is 1. The second-order valence-corrected chi connectivity index (χ2v) is 7.09. The number of aromatic nitrogens is 3. The average Bonchev–Trinajstić information content (AvgIpc) is 2.74. The summed E-state index contributed by atoms with van der Waals surface area (Å²) in [7, 11) is 1.65. The minimum absolute atomic E-state index is 0.132. The molecular weight excluding hydrogens is 354 g/mol. The summed E-state index contributed by atoms with van der Waals surface area (Å²) in [5, 5.41) is 9.27. The van der Waals surface area contributed by atoms with Crippen LogP contribution < -0.4 is 15.8 Å². The average molecular weight is 377 g/mol. The highest BCUT2D eigenvalue weighted by Crippen LogP contribution is 2.22. The molecule has 1 fully saturated rings. The van der Waals surface area contributed by atoms with Crippen molar-refractivity contribution in [3.63, 3.8) is 0 Å². The van der Waals surface area contributed by atoms with Crippen molar-refractivity contribution in [2.24, 2.45) is 7.05 Å². The Bertz CT molecular complexity index is 1060. The first kappa shape index (κ1) is 18.2. The van der Waals surface area contributed by atoms with Crippen molar-refractivity contribution in [1.82, 2.24) is 20.1 Å². The maximum Gasteiger partial charge on any atom is 0.270 e. The Balaban J connectivity index is 1.51. The van der Waals surface area contributed by atoms with Gasteiger partial charge in [0.05, 0.1) is 0 Å². The van der Waals surface area contributed by atoms with Crippen LogP contribution in [0.2, 0.25) is 0 Å². The van der Waals surface area contributed by atoms with Gasteiger partial charge in [0.1, 0.15) is 11.5 Å². The number of amides is 1. The molecule has 0 radical (unpaired) electrons. The normalized spacial score (nSPS) is 16.9. The van der Waals surface area contributed by atoms with E-state index in [1.807, 2.05) is 30.3 Å². The van der Waals surface area contributed by atoms with Gasteiger partial charge in [0.25, 0.3) is 11.5 Å². The van der Waals surface area contributed by atoms with Gasteiger partial charge in [0.2, 0.25) is 0 Å². The third-order valence-corrected chi connectivity index (χ3v) is 5.25. The Morgan fingerprint density at radius 2 is 2.04 bits per heavy atom. The van der Waals surface area contributed by atoms with Gasteiger partial charge < -0.3 is 10.2 Å². The molecule has 2 aromatic heterocycles. The van der Waals surface area contributed by atoms with Crippen LogP contribution in [0, 0.1) is 0 Å². The molecule has 1 saturated heterocycles. The summed E-state index contributed by atoms with van der Waals surface area (Å²) in [5.41, 5.74) is 0.313. The van der Waals surface area contributed by atoms with E-state index in [4.69, 9.17) is 0 Å². The van der Waals surface area contributed by atoms with E-state index in [9.17, 15) is 9.59 Å². The number of anilines is 1. The van der Waals surface area contributed by atoms with Crippen molar-refractivity contribution in [1.29, 1.82) is 0 Å². The second-order valence-electron chi connectivity index (χ2n) is 7.09. The van der Waals surface area contributed by atoms with Gasteiger partial charge in [-0.15, -0.1) is 0 Å². The van der Waals surface area contributed by atoms with Gasteiger partial charge in [0, 0.05) is 43.8 Å². The lowest BCUT2D eigenvalue weighted by atomic mass is 10.0. The highest BCUT2D eigenvalue weighted by atomic mass is 16.2. The number of hydrogen-bond donors (Lipinski definition) is 1. The zero-order valence-corrected chi connectivity index (χ0v) is 15.8. The first-order valence-electron chi connectivity index (χ1n) is 9.56. The van der Waals surface area contributed by atoms with Crippen molar-refractivity contribution < 1.29 is 4.79 Å². The molecule has 1 aliphatic rings. The SMILES string of the molecule is Cn1nc(N2CCCCC2CNC(=O)c2nccc3ccccc23)ccc1=O. The molecule has 144 valence electrons. The molecule has 1 unspecified atom stereocenters. The van der Waals surface area contributed by atoms with E-state index in [0.29, 0.717) is 12.2 Å². The number of nitrogens with zero attached hydrogens (tertiary/aromatic N) is 4. The third kappa shape index (κ3) is 3.60. The molecule has 1 aromatic carbocycles. The fourth-order valence-corrected chi connectivity index (χ4v) is 3.75. The van der Waals surface area contributed by atoms with Crippen LogP contribution in [0.25, 0.3) is 10.8 Å². The molecular formula is C21H23N5O2. The van der Waals surface area contributed by atoms with Crippen molar-refractivity contribution in [2.45, 2.75) is 25.3 Å². The van der Waals surface area contributed by atoms with Crippen LogP contribution in [0.4, 0.5) is 5.82 Å². The van der Waals surface area contributed by atoms with Gasteiger partial charge in [-0.1, -0.05) is 24.3 Å². The lowest BCUT2D eigenvalue weighted by Gasteiger charge is -2.36. The lowest BCUT2D eigenvalue weighted by Crippen LogP contribution is -2.47. The van der Waals surface area contributed by atoms with Crippen molar-refractivity contribution >= 4 is 22.5 Å². The van der Waals surface area contributed by atoms with E-state index in [-0.39, 0.29) is 17.5 Å². The smallest absolute Gasteiger partial charge is 0.270 e. The van der Waals surface area contributed by atoms with Crippen LogP contribution in [0.5, 0.6) is 0 Å². The maximum absolute atomic E-state index is 12.8. The standard InChI is InChI=1S/C21H23N5O2/c1-25-19(27)10-9-18(24-25)26-13-5-4-7-16(26)14-23-21(28)20-17-8-3-2-6-15(17)11-12-22-20/h2-3,6,8-12,16H,4-5,7,13-14H2,1H3,(H,23,28). The molecule has 1 N–H and O–H groups in total. The molecule has 0 aliphatic carbocycles. The predicted octanol–water partition coefficient (Wildman–Crippen LogP) is 2.12. The zero-order valence-electron chi connectivity index (χ0n) is 15.8.